The molecule has 2 heterocycles. The van der Waals surface area contributed by atoms with Gasteiger partial charge in [-0.2, -0.15) is 0 Å². The molecular weight excluding hydrogens is 386 g/mol. The Balaban J connectivity index is 1.40. The van der Waals surface area contributed by atoms with Crippen molar-refractivity contribution in [3.05, 3.63) is 84.3 Å². The minimum absolute atomic E-state index is 0.173. The lowest BCUT2D eigenvalue weighted by Crippen LogP contribution is -2.42. The fraction of sp³-hybridized carbons (Fsp3) is 0.217. The van der Waals surface area contributed by atoms with Gasteiger partial charge in [0.15, 0.2) is 0 Å². The van der Waals surface area contributed by atoms with Crippen LogP contribution in [-0.4, -0.2) is 28.6 Å². The van der Waals surface area contributed by atoms with Crippen molar-refractivity contribution in [2.45, 2.75) is 24.9 Å². The molecule has 4 rings (SSSR count). The van der Waals surface area contributed by atoms with Crippen LogP contribution >= 0.6 is 11.8 Å². The van der Waals surface area contributed by atoms with Crippen molar-refractivity contribution in [1.29, 1.82) is 0 Å². The number of hydrogen-bond acceptors (Lipinski definition) is 5. The Hall–Kier alpha value is -2.99. The van der Waals surface area contributed by atoms with Crippen LogP contribution in [0.4, 0.5) is 0 Å². The summed E-state index contributed by atoms with van der Waals surface area (Å²) in [6.07, 6.45) is 1.57. The van der Waals surface area contributed by atoms with Crippen LogP contribution < -0.4 is 0 Å². The zero-order valence-corrected chi connectivity index (χ0v) is 16.8. The van der Waals surface area contributed by atoms with E-state index in [1.165, 1.54) is 18.7 Å². The van der Waals surface area contributed by atoms with Crippen LogP contribution in [0, 0.1) is 0 Å². The molecule has 3 aromatic rings. The van der Waals surface area contributed by atoms with Crippen LogP contribution in [0.5, 0.6) is 0 Å². The number of carbonyl (C=O) groups excluding carboxylic acids is 2. The highest BCUT2D eigenvalue weighted by Crippen LogP contribution is 2.41. The van der Waals surface area contributed by atoms with Crippen LogP contribution in [0.15, 0.2) is 77.4 Å². The molecular formula is C23H21NO4S. The smallest absolute Gasteiger partial charge is 0.330 e. The van der Waals surface area contributed by atoms with Gasteiger partial charge in [-0.05, 0) is 28.8 Å². The van der Waals surface area contributed by atoms with E-state index >= 15 is 0 Å². The molecule has 0 aliphatic carbocycles. The number of rotatable bonds is 5. The van der Waals surface area contributed by atoms with Crippen LogP contribution in [-0.2, 0) is 20.9 Å². The van der Waals surface area contributed by atoms with E-state index < -0.39 is 12.0 Å². The molecule has 1 aliphatic rings. The van der Waals surface area contributed by atoms with Crippen molar-refractivity contribution >= 4 is 23.6 Å². The molecule has 1 amide bonds. The summed E-state index contributed by atoms with van der Waals surface area (Å²) in [5.41, 5.74) is 3.15. The largest absolute Gasteiger partial charge is 0.466 e. The Kier molecular flexibility index (Phi) is 5.71. The molecule has 2 aromatic carbocycles. The van der Waals surface area contributed by atoms with Gasteiger partial charge in [-0.3, -0.25) is 4.79 Å². The first-order valence-corrected chi connectivity index (χ1v) is 10.4. The van der Waals surface area contributed by atoms with Crippen molar-refractivity contribution < 1.29 is 18.7 Å². The number of benzene rings is 2. The van der Waals surface area contributed by atoms with E-state index in [0.29, 0.717) is 11.5 Å². The van der Waals surface area contributed by atoms with Crippen LogP contribution in [0.2, 0.25) is 0 Å². The highest BCUT2D eigenvalue weighted by Gasteiger charge is 2.43. The van der Waals surface area contributed by atoms with Crippen LogP contribution in [0.25, 0.3) is 11.1 Å². The van der Waals surface area contributed by atoms with Gasteiger partial charge in [0, 0.05) is 12.7 Å². The summed E-state index contributed by atoms with van der Waals surface area (Å²) < 4.78 is 11.0. The van der Waals surface area contributed by atoms with Crippen molar-refractivity contribution in [1.82, 2.24) is 4.90 Å². The molecule has 148 valence electrons. The van der Waals surface area contributed by atoms with Gasteiger partial charge in [0.05, 0.1) is 6.26 Å². The van der Waals surface area contributed by atoms with E-state index in [4.69, 9.17) is 9.15 Å². The van der Waals surface area contributed by atoms with E-state index in [-0.39, 0.29) is 17.9 Å². The number of thioether (sulfide) groups is 1. The van der Waals surface area contributed by atoms with E-state index in [9.17, 15) is 9.59 Å². The molecule has 29 heavy (non-hydrogen) atoms. The fourth-order valence-electron chi connectivity index (χ4n) is 3.40. The number of furan rings is 1. The number of nitrogens with zero attached hydrogens (tertiary/aromatic N) is 1. The second-order valence-electron chi connectivity index (χ2n) is 6.81. The highest BCUT2D eigenvalue weighted by molar-refractivity contribution is 7.99. The monoisotopic (exact) mass is 407 g/mol. The van der Waals surface area contributed by atoms with E-state index in [0.717, 1.165) is 16.7 Å². The Morgan fingerprint density at radius 3 is 2.41 bits per heavy atom. The number of esters is 1. The van der Waals surface area contributed by atoms with Gasteiger partial charge >= 0.3 is 5.97 Å². The second kappa shape index (κ2) is 8.57. The first-order chi connectivity index (χ1) is 14.1. The summed E-state index contributed by atoms with van der Waals surface area (Å²) >= 11 is 1.50. The Morgan fingerprint density at radius 1 is 1.03 bits per heavy atom. The molecule has 1 fully saturated rings. The maximum absolute atomic E-state index is 12.7. The van der Waals surface area contributed by atoms with Crippen LogP contribution in [0.1, 0.15) is 23.6 Å². The lowest BCUT2D eigenvalue weighted by Gasteiger charge is -2.25. The third-order valence-electron chi connectivity index (χ3n) is 4.86. The maximum Gasteiger partial charge on any atom is 0.330 e. The van der Waals surface area contributed by atoms with E-state index in [1.807, 2.05) is 48.5 Å². The average Bonchev–Trinajstić information content (AvgIpc) is 3.42. The third-order valence-corrected chi connectivity index (χ3v) is 6.15. The second-order valence-corrected chi connectivity index (χ2v) is 7.93. The molecule has 1 saturated heterocycles. The first-order valence-electron chi connectivity index (χ1n) is 9.38. The minimum Gasteiger partial charge on any atom is -0.466 e. The van der Waals surface area contributed by atoms with Gasteiger partial charge in [0.2, 0.25) is 5.91 Å². The molecule has 0 saturated carbocycles. The summed E-state index contributed by atoms with van der Waals surface area (Å²) in [6, 6.07) is 21.0. The standard InChI is InChI=1S/C23H21NO4S/c1-16(25)24-20(15-29-22(24)21-8-5-13-27-21)23(26)28-14-17-9-11-19(12-10-17)18-6-3-2-4-7-18/h2-13,20,22H,14-15H2,1H3/t20-,22+/m0/s1. The van der Waals surface area contributed by atoms with Gasteiger partial charge in [-0.25, -0.2) is 4.79 Å². The van der Waals surface area contributed by atoms with E-state index in [2.05, 4.69) is 12.1 Å². The summed E-state index contributed by atoms with van der Waals surface area (Å²) in [4.78, 5) is 26.4. The zero-order valence-electron chi connectivity index (χ0n) is 16.0. The first kappa shape index (κ1) is 19.3. The van der Waals surface area contributed by atoms with Crippen molar-refractivity contribution in [3.63, 3.8) is 0 Å². The summed E-state index contributed by atoms with van der Waals surface area (Å²) in [6.45, 7) is 1.64. The molecule has 0 unspecified atom stereocenters. The third kappa shape index (κ3) is 4.22. The molecule has 1 aliphatic heterocycles. The molecule has 0 spiro atoms. The quantitative estimate of drug-likeness (QED) is 0.576. The lowest BCUT2D eigenvalue weighted by molar-refractivity contribution is -0.154. The van der Waals surface area contributed by atoms with E-state index in [1.54, 1.807) is 17.2 Å². The molecule has 0 N–H and O–H groups in total. The molecule has 1 aromatic heterocycles. The highest BCUT2D eigenvalue weighted by atomic mass is 32.2. The minimum atomic E-state index is -0.615. The van der Waals surface area contributed by atoms with Gasteiger partial charge < -0.3 is 14.1 Å². The SMILES string of the molecule is CC(=O)N1[C@@H](c2ccco2)SC[C@H]1C(=O)OCc1ccc(-c2ccccc2)cc1. The van der Waals surface area contributed by atoms with Gasteiger partial charge in [0.1, 0.15) is 23.8 Å². The van der Waals surface area contributed by atoms with Crippen molar-refractivity contribution in [2.24, 2.45) is 0 Å². The molecule has 5 nitrogen and oxygen atoms in total. The van der Waals surface area contributed by atoms with Gasteiger partial charge in [-0.15, -0.1) is 11.8 Å². The van der Waals surface area contributed by atoms with Gasteiger partial charge in [0.25, 0.3) is 0 Å². The van der Waals surface area contributed by atoms with Gasteiger partial charge in [-0.1, -0.05) is 54.6 Å². The number of carbonyl (C=O) groups is 2. The maximum atomic E-state index is 12.7. The average molecular weight is 407 g/mol. The van der Waals surface area contributed by atoms with Crippen LogP contribution in [0.3, 0.4) is 0 Å². The number of ether oxygens (including phenoxy) is 1. The summed E-state index contributed by atoms with van der Waals surface area (Å²) in [5.74, 6) is 0.577. The Labute approximate surface area is 173 Å². The molecule has 0 radical (unpaired) electrons. The zero-order chi connectivity index (χ0) is 20.2. The predicted octanol–water partition coefficient (Wildman–Crippen LogP) is 4.65. The predicted molar refractivity (Wildman–Crippen MR) is 112 cm³/mol. The molecule has 0 bridgehead atoms. The van der Waals surface area contributed by atoms with Crippen molar-refractivity contribution in [3.8, 4) is 11.1 Å². The summed E-state index contributed by atoms with van der Waals surface area (Å²) in [5, 5.41) is -0.301. The van der Waals surface area contributed by atoms with Crippen molar-refractivity contribution in [2.75, 3.05) is 5.75 Å². The molecule has 6 heteroatoms. The number of amides is 1. The number of hydrogen-bond donors (Lipinski definition) is 0. The Bertz CT molecular complexity index is 970. The molecule has 2 atom stereocenters. The Morgan fingerprint density at radius 2 is 1.76 bits per heavy atom. The fourth-order valence-corrected chi connectivity index (χ4v) is 4.81. The topological polar surface area (TPSA) is 59.8 Å². The summed E-state index contributed by atoms with van der Waals surface area (Å²) in [7, 11) is 0. The lowest BCUT2D eigenvalue weighted by atomic mass is 10.0. The normalized spacial score (nSPS) is 18.6.